The van der Waals surface area contributed by atoms with Crippen LogP contribution in [0.25, 0.3) is 11.4 Å². The molecule has 1 heterocycles. The van der Waals surface area contributed by atoms with E-state index in [1.165, 1.54) is 4.68 Å². The predicted octanol–water partition coefficient (Wildman–Crippen LogP) is 1.20. The lowest BCUT2D eigenvalue weighted by Crippen LogP contribution is -2.13. The first-order valence-corrected chi connectivity index (χ1v) is 4.70. The highest BCUT2D eigenvalue weighted by Crippen LogP contribution is 2.23. The number of hydrogen-bond acceptors (Lipinski definition) is 4. The highest BCUT2D eigenvalue weighted by molar-refractivity contribution is 6.31. The average Bonchev–Trinajstić information content (AvgIpc) is 2.53. The molecular weight excluding hydrogens is 214 g/mol. The maximum atomic E-state index is 5.99. The lowest BCUT2D eigenvalue weighted by atomic mass is 10.1. The zero-order chi connectivity index (χ0) is 11.0. The van der Waals surface area contributed by atoms with Gasteiger partial charge in [0.1, 0.15) is 0 Å². The van der Waals surface area contributed by atoms with Gasteiger partial charge in [0.05, 0.1) is 0 Å². The molecule has 1 aromatic heterocycles. The summed E-state index contributed by atoms with van der Waals surface area (Å²) >= 11 is 5.99. The van der Waals surface area contributed by atoms with Gasteiger partial charge in [-0.1, -0.05) is 23.7 Å². The molecular formula is C9H10ClN5. The highest BCUT2D eigenvalue weighted by Gasteiger charge is 2.09. The summed E-state index contributed by atoms with van der Waals surface area (Å²) in [6.07, 6.45) is 0. The van der Waals surface area contributed by atoms with Crippen molar-refractivity contribution in [1.29, 1.82) is 0 Å². The number of nitrogens with two attached hydrogens (primary N) is 2. The molecule has 4 N–H and O–H groups in total. The SMILES string of the molecule is Cc1ccc(-c2nnc(N)n2N)cc1Cl. The fourth-order valence-corrected chi connectivity index (χ4v) is 1.41. The Hall–Kier alpha value is -1.75. The van der Waals surface area contributed by atoms with Crippen molar-refractivity contribution < 1.29 is 0 Å². The molecule has 78 valence electrons. The molecule has 0 spiro atoms. The van der Waals surface area contributed by atoms with Crippen molar-refractivity contribution in [3.8, 4) is 11.4 Å². The van der Waals surface area contributed by atoms with Crippen LogP contribution in [0.1, 0.15) is 5.56 Å². The third-order valence-corrected chi connectivity index (χ3v) is 2.56. The van der Waals surface area contributed by atoms with Crippen molar-refractivity contribution in [2.24, 2.45) is 0 Å². The van der Waals surface area contributed by atoms with Gasteiger partial charge in [-0.05, 0) is 18.6 Å². The lowest BCUT2D eigenvalue weighted by Gasteiger charge is -2.03. The molecule has 0 unspecified atom stereocenters. The van der Waals surface area contributed by atoms with Gasteiger partial charge in [-0.15, -0.1) is 10.2 Å². The molecule has 0 radical (unpaired) electrons. The maximum absolute atomic E-state index is 5.99. The van der Waals surface area contributed by atoms with Gasteiger partial charge in [0, 0.05) is 10.6 Å². The zero-order valence-corrected chi connectivity index (χ0v) is 8.86. The van der Waals surface area contributed by atoms with Gasteiger partial charge in [-0.25, -0.2) is 4.68 Å². The second-order valence-corrected chi connectivity index (χ2v) is 3.62. The van der Waals surface area contributed by atoms with Crippen molar-refractivity contribution in [3.05, 3.63) is 28.8 Å². The van der Waals surface area contributed by atoms with Crippen molar-refractivity contribution in [2.75, 3.05) is 11.6 Å². The number of hydrogen-bond donors (Lipinski definition) is 2. The Kier molecular flexibility index (Phi) is 2.24. The number of rotatable bonds is 1. The third kappa shape index (κ3) is 1.61. The Morgan fingerprint density at radius 2 is 2.07 bits per heavy atom. The number of anilines is 1. The summed E-state index contributed by atoms with van der Waals surface area (Å²) in [5.74, 6) is 6.31. The van der Waals surface area contributed by atoms with Crippen LogP contribution in [0.15, 0.2) is 18.2 Å². The summed E-state index contributed by atoms with van der Waals surface area (Å²) < 4.78 is 1.22. The number of aryl methyl sites for hydroxylation is 1. The number of aromatic nitrogens is 3. The Labute approximate surface area is 91.6 Å². The quantitative estimate of drug-likeness (QED) is 0.712. The van der Waals surface area contributed by atoms with Gasteiger partial charge in [0.15, 0.2) is 5.82 Å². The standard InChI is InChI=1S/C9H10ClN5/c1-5-2-3-6(4-7(5)10)8-13-14-9(11)15(8)12/h2-4H,12H2,1H3,(H2,11,14). The fourth-order valence-electron chi connectivity index (χ4n) is 1.23. The number of halogens is 1. The molecule has 0 bridgehead atoms. The van der Waals surface area contributed by atoms with Gasteiger partial charge < -0.3 is 11.6 Å². The molecule has 0 fully saturated rings. The van der Waals surface area contributed by atoms with Crippen LogP contribution in [0, 0.1) is 6.92 Å². The molecule has 6 heteroatoms. The topological polar surface area (TPSA) is 82.8 Å². The van der Waals surface area contributed by atoms with Gasteiger partial charge in [-0.3, -0.25) is 0 Å². The van der Waals surface area contributed by atoms with Crippen LogP contribution in [0.4, 0.5) is 5.95 Å². The molecule has 5 nitrogen and oxygen atoms in total. The van der Waals surface area contributed by atoms with E-state index in [4.69, 9.17) is 23.2 Å². The second kappa shape index (κ2) is 3.43. The van der Waals surface area contributed by atoms with Crippen LogP contribution in [-0.4, -0.2) is 14.9 Å². The number of nitrogen functional groups attached to an aromatic ring is 2. The first-order chi connectivity index (χ1) is 7.09. The smallest absolute Gasteiger partial charge is 0.241 e. The Morgan fingerprint density at radius 1 is 1.33 bits per heavy atom. The normalized spacial score (nSPS) is 10.5. The summed E-state index contributed by atoms with van der Waals surface area (Å²) in [4.78, 5) is 0. The van der Waals surface area contributed by atoms with E-state index in [0.717, 1.165) is 11.1 Å². The summed E-state index contributed by atoms with van der Waals surface area (Å²) in [7, 11) is 0. The van der Waals surface area contributed by atoms with Crippen LogP contribution in [0.3, 0.4) is 0 Å². The first-order valence-electron chi connectivity index (χ1n) is 4.32. The Morgan fingerprint density at radius 3 is 2.60 bits per heavy atom. The molecule has 0 aliphatic carbocycles. The maximum Gasteiger partial charge on any atom is 0.241 e. The molecule has 0 aliphatic heterocycles. The molecule has 0 saturated carbocycles. The number of nitrogens with zero attached hydrogens (tertiary/aromatic N) is 3. The van der Waals surface area contributed by atoms with E-state index < -0.39 is 0 Å². The molecule has 2 rings (SSSR count). The molecule has 15 heavy (non-hydrogen) atoms. The lowest BCUT2D eigenvalue weighted by molar-refractivity contribution is 1.02. The molecule has 0 atom stereocenters. The summed E-state index contributed by atoms with van der Waals surface area (Å²) in [5, 5.41) is 8.19. The van der Waals surface area contributed by atoms with E-state index in [2.05, 4.69) is 10.2 Å². The summed E-state index contributed by atoms with van der Waals surface area (Å²) in [5.41, 5.74) is 7.26. The van der Waals surface area contributed by atoms with Crippen LogP contribution < -0.4 is 11.6 Å². The monoisotopic (exact) mass is 223 g/mol. The van der Waals surface area contributed by atoms with E-state index in [0.29, 0.717) is 10.8 Å². The minimum Gasteiger partial charge on any atom is -0.366 e. The van der Waals surface area contributed by atoms with Gasteiger partial charge in [-0.2, -0.15) is 0 Å². The van der Waals surface area contributed by atoms with Crippen LogP contribution in [0.2, 0.25) is 5.02 Å². The zero-order valence-electron chi connectivity index (χ0n) is 8.11. The fraction of sp³-hybridized carbons (Fsp3) is 0.111. The van der Waals surface area contributed by atoms with E-state index in [1.807, 2.05) is 19.1 Å². The average molecular weight is 224 g/mol. The summed E-state index contributed by atoms with van der Waals surface area (Å²) in [6.45, 7) is 1.92. The van der Waals surface area contributed by atoms with E-state index in [1.54, 1.807) is 6.07 Å². The van der Waals surface area contributed by atoms with E-state index in [9.17, 15) is 0 Å². The molecule has 0 amide bonds. The third-order valence-electron chi connectivity index (χ3n) is 2.15. The van der Waals surface area contributed by atoms with Crippen LogP contribution in [0.5, 0.6) is 0 Å². The molecule has 2 aromatic rings. The van der Waals surface area contributed by atoms with Crippen molar-refractivity contribution in [2.45, 2.75) is 6.92 Å². The Balaban J connectivity index is 2.55. The Bertz CT molecular complexity index is 505. The van der Waals surface area contributed by atoms with Gasteiger partial charge in [0.2, 0.25) is 5.95 Å². The molecule has 0 aliphatic rings. The minimum absolute atomic E-state index is 0.168. The molecule has 0 saturated heterocycles. The largest absolute Gasteiger partial charge is 0.366 e. The minimum atomic E-state index is 0.168. The van der Waals surface area contributed by atoms with Crippen LogP contribution >= 0.6 is 11.6 Å². The first kappa shape index (κ1) is 9.79. The van der Waals surface area contributed by atoms with Crippen molar-refractivity contribution in [3.63, 3.8) is 0 Å². The van der Waals surface area contributed by atoms with Gasteiger partial charge in [0.25, 0.3) is 0 Å². The highest BCUT2D eigenvalue weighted by atomic mass is 35.5. The van der Waals surface area contributed by atoms with Crippen molar-refractivity contribution in [1.82, 2.24) is 14.9 Å². The van der Waals surface area contributed by atoms with Gasteiger partial charge >= 0.3 is 0 Å². The van der Waals surface area contributed by atoms with Crippen molar-refractivity contribution >= 4 is 17.5 Å². The van der Waals surface area contributed by atoms with E-state index in [-0.39, 0.29) is 5.95 Å². The molecule has 1 aromatic carbocycles. The van der Waals surface area contributed by atoms with E-state index >= 15 is 0 Å². The predicted molar refractivity (Wildman–Crippen MR) is 59.8 cm³/mol. The van der Waals surface area contributed by atoms with Crippen LogP contribution in [-0.2, 0) is 0 Å². The number of benzene rings is 1. The second-order valence-electron chi connectivity index (χ2n) is 3.22. The summed E-state index contributed by atoms with van der Waals surface area (Å²) in [6, 6.07) is 5.54.